The van der Waals surface area contributed by atoms with Gasteiger partial charge >= 0.3 is 0 Å². The van der Waals surface area contributed by atoms with Gasteiger partial charge < -0.3 is 5.11 Å². The third-order valence-electron chi connectivity index (χ3n) is 4.17. The summed E-state index contributed by atoms with van der Waals surface area (Å²) in [4.78, 5) is 0. The van der Waals surface area contributed by atoms with Crippen LogP contribution in [0.15, 0.2) is 24.3 Å². The Bertz CT molecular complexity index is 445. The minimum atomic E-state index is -0.661. The topological polar surface area (TPSA) is 44.0 Å². The maximum absolute atomic E-state index is 10.6. The summed E-state index contributed by atoms with van der Waals surface area (Å²) < 4.78 is 0. The van der Waals surface area contributed by atoms with Crippen LogP contribution in [0.3, 0.4) is 0 Å². The second kappa shape index (κ2) is 5.12. The Labute approximate surface area is 109 Å². The highest BCUT2D eigenvalue weighted by Gasteiger charge is 2.42. The first-order valence-corrected chi connectivity index (χ1v) is 6.73. The van der Waals surface area contributed by atoms with Crippen LogP contribution in [0.5, 0.6) is 0 Å². The zero-order chi connectivity index (χ0) is 13.2. The van der Waals surface area contributed by atoms with Crippen molar-refractivity contribution >= 4 is 0 Å². The smallest absolute Gasteiger partial charge is 0.0976 e. The summed E-state index contributed by atoms with van der Waals surface area (Å²) in [6.45, 7) is 4.20. The Morgan fingerprint density at radius 3 is 2.61 bits per heavy atom. The molecule has 0 saturated heterocycles. The predicted octanol–water partition coefficient (Wildman–Crippen LogP) is 3.75. The molecule has 0 aliphatic heterocycles. The lowest BCUT2D eigenvalue weighted by molar-refractivity contribution is 0.0219. The maximum atomic E-state index is 10.6. The van der Waals surface area contributed by atoms with E-state index in [2.05, 4.69) is 13.0 Å². The zero-order valence-corrected chi connectivity index (χ0v) is 11.2. The van der Waals surface area contributed by atoms with E-state index in [-0.39, 0.29) is 0 Å². The van der Waals surface area contributed by atoms with Gasteiger partial charge in [0.1, 0.15) is 0 Å². The van der Waals surface area contributed by atoms with E-state index >= 15 is 0 Å². The molecule has 3 atom stereocenters. The standard InChI is InChI=1S/C16H21NO/c1-12-5-7-14(8-6-12)15(18)16(11-17)9-3-4-13(2)10-16/h5-8,13,15,18H,3-4,9-10H2,1-2H3. The summed E-state index contributed by atoms with van der Waals surface area (Å²) in [5.74, 6) is 0.526. The van der Waals surface area contributed by atoms with E-state index in [9.17, 15) is 10.4 Å². The molecule has 2 heteroatoms. The molecule has 18 heavy (non-hydrogen) atoms. The average molecular weight is 243 g/mol. The summed E-state index contributed by atoms with van der Waals surface area (Å²) in [5, 5.41) is 20.1. The molecule has 0 spiro atoms. The van der Waals surface area contributed by atoms with Crippen LogP contribution in [0.4, 0.5) is 0 Å². The second-order valence-electron chi connectivity index (χ2n) is 5.78. The molecule has 1 aliphatic carbocycles. The molecule has 1 fully saturated rings. The van der Waals surface area contributed by atoms with Crippen molar-refractivity contribution in [2.75, 3.05) is 0 Å². The molecule has 0 heterocycles. The highest BCUT2D eigenvalue weighted by Crippen LogP contribution is 2.47. The van der Waals surface area contributed by atoms with E-state index in [0.717, 1.165) is 24.8 Å². The molecule has 0 amide bonds. The van der Waals surface area contributed by atoms with Gasteiger partial charge in [-0.25, -0.2) is 0 Å². The SMILES string of the molecule is Cc1ccc(C(O)C2(C#N)CCCC(C)C2)cc1. The van der Waals surface area contributed by atoms with Gasteiger partial charge in [0.05, 0.1) is 17.6 Å². The highest BCUT2D eigenvalue weighted by molar-refractivity contribution is 5.27. The number of nitriles is 1. The number of hydrogen-bond acceptors (Lipinski definition) is 2. The third kappa shape index (κ3) is 2.42. The Morgan fingerprint density at radius 1 is 1.39 bits per heavy atom. The van der Waals surface area contributed by atoms with E-state index in [1.54, 1.807) is 0 Å². The van der Waals surface area contributed by atoms with Crippen LogP contribution in [-0.2, 0) is 0 Å². The van der Waals surface area contributed by atoms with Gasteiger partial charge in [0.25, 0.3) is 0 Å². The average Bonchev–Trinajstić information content (AvgIpc) is 2.38. The molecular formula is C16H21NO. The fourth-order valence-electron chi connectivity index (χ4n) is 3.07. The van der Waals surface area contributed by atoms with Crippen molar-refractivity contribution in [1.29, 1.82) is 5.26 Å². The number of rotatable bonds is 2. The third-order valence-corrected chi connectivity index (χ3v) is 4.17. The molecule has 0 radical (unpaired) electrons. The van der Waals surface area contributed by atoms with Gasteiger partial charge in [0, 0.05) is 0 Å². The van der Waals surface area contributed by atoms with E-state index in [4.69, 9.17) is 0 Å². The summed E-state index contributed by atoms with van der Waals surface area (Å²) >= 11 is 0. The molecule has 1 saturated carbocycles. The van der Waals surface area contributed by atoms with Crippen LogP contribution >= 0.6 is 0 Å². The maximum Gasteiger partial charge on any atom is 0.0976 e. The first kappa shape index (κ1) is 13.1. The van der Waals surface area contributed by atoms with Crippen molar-refractivity contribution in [3.05, 3.63) is 35.4 Å². The largest absolute Gasteiger partial charge is 0.387 e. The first-order valence-electron chi connectivity index (χ1n) is 6.73. The number of aryl methyl sites for hydroxylation is 1. The Hall–Kier alpha value is -1.33. The minimum Gasteiger partial charge on any atom is -0.387 e. The van der Waals surface area contributed by atoms with E-state index < -0.39 is 11.5 Å². The lowest BCUT2D eigenvalue weighted by Crippen LogP contribution is -2.32. The van der Waals surface area contributed by atoms with Gasteiger partial charge in [-0.3, -0.25) is 0 Å². The number of benzene rings is 1. The van der Waals surface area contributed by atoms with Crippen LogP contribution in [-0.4, -0.2) is 5.11 Å². The molecule has 1 aromatic carbocycles. The molecule has 0 bridgehead atoms. The molecule has 0 aromatic heterocycles. The van der Waals surface area contributed by atoms with Crippen molar-refractivity contribution in [1.82, 2.24) is 0 Å². The summed E-state index contributed by atoms with van der Waals surface area (Å²) in [6, 6.07) is 10.3. The molecule has 2 nitrogen and oxygen atoms in total. The lowest BCUT2D eigenvalue weighted by atomic mass is 9.66. The summed E-state index contributed by atoms with van der Waals surface area (Å²) in [7, 11) is 0. The Balaban J connectivity index is 2.27. The van der Waals surface area contributed by atoms with Gasteiger partial charge in [-0.15, -0.1) is 0 Å². The minimum absolute atomic E-state index is 0.526. The van der Waals surface area contributed by atoms with E-state index in [0.29, 0.717) is 5.92 Å². The van der Waals surface area contributed by atoms with Crippen molar-refractivity contribution in [3.8, 4) is 6.07 Å². The van der Waals surface area contributed by atoms with Gasteiger partial charge in [0.15, 0.2) is 0 Å². The van der Waals surface area contributed by atoms with Gasteiger partial charge in [0.2, 0.25) is 0 Å². The fraction of sp³-hybridized carbons (Fsp3) is 0.562. The molecule has 1 N–H and O–H groups in total. The lowest BCUT2D eigenvalue weighted by Gasteiger charge is -2.38. The molecular weight excluding hydrogens is 222 g/mol. The van der Waals surface area contributed by atoms with Crippen molar-refractivity contribution in [2.24, 2.45) is 11.3 Å². The quantitative estimate of drug-likeness (QED) is 0.859. The summed E-state index contributed by atoms with van der Waals surface area (Å²) in [5.41, 5.74) is 1.46. The molecule has 3 unspecified atom stereocenters. The van der Waals surface area contributed by atoms with Crippen molar-refractivity contribution < 1.29 is 5.11 Å². The molecule has 1 aliphatic rings. The van der Waals surface area contributed by atoms with Gasteiger partial charge in [-0.05, 0) is 31.2 Å². The number of nitrogens with zero attached hydrogens (tertiary/aromatic N) is 1. The van der Waals surface area contributed by atoms with Crippen LogP contribution in [0.25, 0.3) is 0 Å². The van der Waals surface area contributed by atoms with Gasteiger partial charge in [-0.1, -0.05) is 49.6 Å². The molecule has 1 aromatic rings. The highest BCUT2D eigenvalue weighted by atomic mass is 16.3. The van der Waals surface area contributed by atoms with Crippen LogP contribution in [0, 0.1) is 29.6 Å². The van der Waals surface area contributed by atoms with Crippen molar-refractivity contribution in [3.63, 3.8) is 0 Å². The second-order valence-corrected chi connectivity index (χ2v) is 5.78. The molecule has 2 rings (SSSR count). The number of hydrogen-bond donors (Lipinski definition) is 1. The number of aliphatic hydroxyl groups is 1. The Kier molecular flexibility index (Phi) is 3.73. The monoisotopic (exact) mass is 243 g/mol. The van der Waals surface area contributed by atoms with Crippen molar-refractivity contribution in [2.45, 2.75) is 45.6 Å². The fourth-order valence-corrected chi connectivity index (χ4v) is 3.07. The number of aliphatic hydroxyl groups excluding tert-OH is 1. The van der Waals surface area contributed by atoms with Gasteiger partial charge in [-0.2, -0.15) is 5.26 Å². The van der Waals surface area contributed by atoms with E-state index in [1.165, 1.54) is 12.0 Å². The van der Waals surface area contributed by atoms with Crippen LogP contribution in [0.1, 0.15) is 49.8 Å². The first-order chi connectivity index (χ1) is 8.57. The Morgan fingerprint density at radius 2 is 2.06 bits per heavy atom. The van der Waals surface area contributed by atoms with E-state index in [1.807, 2.05) is 31.2 Å². The predicted molar refractivity (Wildman–Crippen MR) is 71.8 cm³/mol. The van der Waals surface area contributed by atoms with Crippen LogP contribution < -0.4 is 0 Å². The molecule has 96 valence electrons. The van der Waals surface area contributed by atoms with Crippen LogP contribution in [0.2, 0.25) is 0 Å². The normalized spacial score (nSPS) is 29.6. The zero-order valence-electron chi connectivity index (χ0n) is 11.2. The summed E-state index contributed by atoms with van der Waals surface area (Å²) in [6.07, 6.45) is 3.16.